The van der Waals surface area contributed by atoms with Gasteiger partial charge in [0.05, 0.1) is 12.2 Å². The summed E-state index contributed by atoms with van der Waals surface area (Å²) in [6.45, 7) is 5.45. The number of rotatable bonds is 4. The molecule has 4 nitrogen and oxygen atoms in total. The number of ether oxygens (including phenoxy) is 2. The van der Waals surface area contributed by atoms with E-state index in [9.17, 15) is 9.59 Å². The van der Waals surface area contributed by atoms with E-state index in [0.717, 1.165) is 5.56 Å². The van der Waals surface area contributed by atoms with Crippen LogP contribution in [0.2, 0.25) is 0 Å². The van der Waals surface area contributed by atoms with E-state index in [1.54, 1.807) is 20.8 Å². The smallest absolute Gasteiger partial charge is 0.330 e. The number of hydrogen-bond donors (Lipinski definition) is 0. The van der Waals surface area contributed by atoms with Crippen molar-refractivity contribution in [1.29, 1.82) is 0 Å². The van der Waals surface area contributed by atoms with Gasteiger partial charge in [-0.25, -0.2) is 4.79 Å². The SMILES string of the molecule is CCOC(=O)/C=C/C1=C(c2ccccc2)OC(C)(C)C1=O. The van der Waals surface area contributed by atoms with Crippen LogP contribution in [0.1, 0.15) is 26.3 Å². The molecule has 0 unspecified atom stereocenters. The lowest BCUT2D eigenvalue weighted by Crippen LogP contribution is -2.29. The summed E-state index contributed by atoms with van der Waals surface area (Å²) in [4.78, 5) is 23.8. The van der Waals surface area contributed by atoms with Gasteiger partial charge in [-0.1, -0.05) is 30.3 Å². The minimum absolute atomic E-state index is 0.151. The largest absolute Gasteiger partial charge is 0.478 e. The van der Waals surface area contributed by atoms with Crippen LogP contribution in [0.5, 0.6) is 0 Å². The van der Waals surface area contributed by atoms with Gasteiger partial charge in [-0.05, 0) is 26.8 Å². The lowest BCUT2D eigenvalue weighted by Gasteiger charge is -2.17. The van der Waals surface area contributed by atoms with E-state index in [4.69, 9.17) is 9.47 Å². The maximum atomic E-state index is 12.4. The summed E-state index contributed by atoms with van der Waals surface area (Å²) in [6, 6.07) is 9.35. The highest BCUT2D eigenvalue weighted by molar-refractivity contribution is 6.12. The van der Waals surface area contributed by atoms with Gasteiger partial charge in [0.2, 0.25) is 5.78 Å². The molecule has 0 aliphatic carbocycles. The van der Waals surface area contributed by atoms with Crippen molar-refractivity contribution in [3.63, 3.8) is 0 Å². The predicted octanol–water partition coefficient (Wildman–Crippen LogP) is 2.89. The maximum absolute atomic E-state index is 12.4. The number of ketones is 1. The molecular weight excluding hydrogens is 268 g/mol. The third kappa shape index (κ3) is 3.21. The summed E-state index contributed by atoms with van der Waals surface area (Å²) in [7, 11) is 0. The Morgan fingerprint density at radius 3 is 2.57 bits per heavy atom. The summed E-state index contributed by atoms with van der Waals surface area (Å²) < 4.78 is 10.6. The summed E-state index contributed by atoms with van der Waals surface area (Å²) >= 11 is 0. The Balaban J connectivity index is 2.39. The number of esters is 1. The van der Waals surface area contributed by atoms with Crippen molar-refractivity contribution < 1.29 is 19.1 Å². The van der Waals surface area contributed by atoms with Crippen molar-refractivity contribution in [1.82, 2.24) is 0 Å². The Kier molecular flexibility index (Phi) is 4.26. The average Bonchev–Trinajstić information content (AvgIpc) is 2.69. The average molecular weight is 286 g/mol. The van der Waals surface area contributed by atoms with E-state index >= 15 is 0 Å². The lowest BCUT2D eigenvalue weighted by atomic mass is 9.97. The summed E-state index contributed by atoms with van der Waals surface area (Å²) in [5.74, 6) is -0.136. The molecule has 0 saturated carbocycles. The maximum Gasteiger partial charge on any atom is 0.330 e. The Labute approximate surface area is 124 Å². The third-order valence-electron chi connectivity index (χ3n) is 3.10. The molecule has 0 saturated heterocycles. The number of hydrogen-bond acceptors (Lipinski definition) is 4. The molecule has 4 heteroatoms. The fourth-order valence-electron chi connectivity index (χ4n) is 2.08. The molecule has 0 bridgehead atoms. The van der Waals surface area contributed by atoms with Gasteiger partial charge in [-0.3, -0.25) is 4.79 Å². The first kappa shape index (κ1) is 15.0. The topological polar surface area (TPSA) is 52.6 Å². The van der Waals surface area contributed by atoms with Crippen molar-refractivity contribution in [2.75, 3.05) is 6.61 Å². The number of carbonyl (C=O) groups excluding carboxylic acids is 2. The highest BCUT2D eigenvalue weighted by Gasteiger charge is 2.41. The van der Waals surface area contributed by atoms with E-state index in [2.05, 4.69) is 0 Å². The molecule has 1 aliphatic heterocycles. The van der Waals surface area contributed by atoms with Crippen molar-refractivity contribution in [3.8, 4) is 0 Å². The van der Waals surface area contributed by atoms with Gasteiger partial charge in [0, 0.05) is 11.6 Å². The molecule has 1 heterocycles. The van der Waals surface area contributed by atoms with Crippen LogP contribution in [0, 0.1) is 0 Å². The van der Waals surface area contributed by atoms with Gasteiger partial charge in [0.15, 0.2) is 5.60 Å². The molecule has 2 rings (SSSR count). The second-order valence-electron chi connectivity index (χ2n) is 5.14. The Morgan fingerprint density at radius 1 is 1.29 bits per heavy atom. The number of benzene rings is 1. The lowest BCUT2D eigenvalue weighted by molar-refractivity contribution is -0.137. The van der Waals surface area contributed by atoms with Crippen LogP contribution in [0.15, 0.2) is 48.1 Å². The van der Waals surface area contributed by atoms with Crippen LogP contribution in [0.3, 0.4) is 0 Å². The Bertz CT molecular complexity index is 609. The van der Waals surface area contributed by atoms with Gasteiger partial charge >= 0.3 is 5.97 Å². The molecular formula is C17H18O4. The molecule has 21 heavy (non-hydrogen) atoms. The molecule has 0 radical (unpaired) electrons. The molecule has 1 aliphatic rings. The quantitative estimate of drug-likeness (QED) is 0.631. The van der Waals surface area contributed by atoms with Crippen molar-refractivity contribution in [3.05, 3.63) is 53.6 Å². The van der Waals surface area contributed by atoms with E-state index in [1.165, 1.54) is 12.2 Å². The zero-order chi connectivity index (χ0) is 15.5. The fourth-order valence-corrected chi connectivity index (χ4v) is 2.08. The van der Waals surface area contributed by atoms with Gasteiger partial charge in [0.1, 0.15) is 5.76 Å². The first-order valence-corrected chi connectivity index (χ1v) is 6.84. The number of Topliss-reactive ketones (excluding diaryl/α,β-unsaturated/α-hetero) is 1. The third-order valence-corrected chi connectivity index (χ3v) is 3.10. The summed E-state index contributed by atoms with van der Waals surface area (Å²) in [6.07, 6.45) is 2.72. The zero-order valence-corrected chi connectivity index (χ0v) is 12.4. The molecule has 0 fully saturated rings. The van der Waals surface area contributed by atoms with Gasteiger partial charge in [-0.2, -0.15) is 0 Å². The minimum atomic E-state index is -0.931. The summed E-state index contributed by atoms with van der Waals surface area (Å²) in [5.41, 5.74) is 0.263. The first-order chi connectivity index (χ1) is 9.95. The predicted molar refractivity (Wildman–Crippen MR) is 79.3 cm³/mol. The van der Waals surface area contributed by atoms with E-state index in [-0.39, 0.29) is 5.78 Å². The minimum Gasteiger partial charge on any atom is -0.478 e. The van der Waals surface area contributed by atoms with Crippen LogP contribution >= 0.6 is 0 Å². The molecule has 110 valence electrons. The molecule has 0 amide bonds. The fraction of sp³-hybridized carbons (Fsp3) is 0.294. The van der Waals surface area contributed by atoms with Crippen LogP contribution < -0.4 is 0 Å². The van der Waals surface area contributed by atoms with Crippen molar-refractivity contribution in [2.24, 2.45) is 0 Å². The van der Waals surface area contributed by atoms with Gasteiger partial charge < -0.3 is 9.47 Å². The number of carbonyl (C=O) groups is 2. The Morgan fingerprint density at radius 2 is 1.95 bits per heavy atom. The molecule has 0 atom stereocenters. The molecule has 0 N–H and O–H groups in total. The molecule has 0 aromatic heterocycles. The molecule has 1 aromatic rings. The summed E-state index contributed by atoms with van der Waals surface area (Å²) in [5, 5.41) is 0. The zero-order valence-electron chi connectivity index (χ0n) is 12.4. The standard InChI is InChI=1S/C17H18O4/c1-4-20-14(18)11-10-13-15(12-8-6-5-7-9-12)21-17(2,3)16(13)19/h5-11H,4H2,1-3H3/b11-10+. The van der Waals surface area contributed by atoms with E-state index in [0.29, 0.717) is 17.9 Å². The van der Waals surface area contributed by atoms with Crippen LogP contribution in [-0.4, -0.2) is 24.0 Å². The van der Waals surface area contributed by atoms with E-state index < -0.39 is 11.6 Å². The first-order valence-electron chi connectivity index (χ1n) is 6.84. The number of allylic oxidation sites excluding steroid dienone is 1. The highest BCUT2D eigenvalue weighted by atomic mass is 16.5. The van der Waals surface area contributed by atoms with Gasteiger partial charge in [-0.15, -0.1) is 0 Å². The van der Waals surface area contributed by atoms with Crippen LogP contribution in [0.4, 0.5) is 0 Å². The molecule has 1 aromatic carbocycles. The normalized spacial score (nSPS) is 17.2. The second kappa shape index (κ2) is 5.95. The second-order valence-corrected chi connectivity index (χ2v) is 5.14. The Hall–Kier alpha value is -2.36. The molecule has 0 spiro atoms. The van der Waals surface area contributed by atoms with Crippen molar-refractivity contribution in [2.45, 2.75) is 26.4 Å². The van der Waals surface area contributed by atoms with Crippen molar-refractivity contribution >= 4 is 17.5 Å². The van der Waals surface area contributed by atoms with Crippen LogP contribution in [-0.2, 0) is 19.1 Å². The van der Waals surface area contributed by atoms with Crippen LogP contribution in [0.25, 0.3) is 5.76 Å². The van der Waals surface area contributed by atoms with E-state index in [1.807, 2.05) is 30.3 Å². The highest BCUT2D eigenvalue weighted by Crippen LogP contribution is 2.36. The van der Waals surface area contributed by atoms with Gasteiger partial charge in [0.25, 0.3) is 0 Å². The monoisotopic (exact) mass is 286 g/mol.